The Balaban J connectivity index is 1.81. The van der Waals surface area contributed by atoms with Crippen molar-refractivity contribution in [2.24, 2.45) is 5.92 Å². The van der Waals surface area contributed by atoms with Crippen LogP contribution in [0.4, 0.5) is 0 Å². The number of aliphatic hydroxyl groups excluding tert-OH is 1. The largest absolute Gasteiger partial charge is 0.394 e. The van der Waals surface area contributed by atoms with Gasteiger partial charge in [0.2, 0.25) is 0 Å². The summed E-state index contributed by atoms with van der Waals surface area (Å²) in [5.74, 6) is 0.652. The van der Waals surface area contributed by atoms with E-state index in [-0.39, 0.29) is 5.54 Å². The molecule has 0 aromatic heterocycles. The lowest BCUT2D eigenvalue weighted by Gasteiger charge is -2.38. The lowest BCUT2D eigenvalue weighted by molar-refractivity contribution is 0.100. The van der Waals surface area contributed by atoms with E-state index in [0.29, 0.717) is 12.5 Å². The zero-order chi connectivity index (χ0) is 14.4. The summed E-state index contributed by atoms with van der Waals surface area (Å²) in [5.41, 5.74) is 0.0165. The fourth-order valence-corrected chi connectivity index (χ4v) is 3.85. The van der Waals surface area contributed by atoms with Crippen molar-refractivity contribution in [3.05, 3.63) is 0 Å². The molecule has 0 aromatic carbocycles. The fraction of sp³-hybridized carbons (Fsp3) is 1.00. The molecule has 4 nitrogen and oxygen atoms in total. The zero-order valence-corrected chi connectivity index (χ0v) is 13.4. The minimum absolute atomic E-state index is 0.0165. The van der Waals surface area contributed by atoms with E-state index in [1.54, 1.807) is 0 Å². The highest BCUT2D eigenvalue weighted by Gasteiger charge is 2.41. The molecule has 1 aliphatic heterocycles. The average molecular weight is 283 g/mol. The van der Waals surface area contributed by atoms with E-state index in [9.17, 15) is 5.11 Å². The maximum atomic E-state index is 9.90. The Morgan fingerprint density at radius 3 is 2.65 bits per heavy atom. The van der Waals surface area contributed by atoms with Crippen LogP contribution in [0, 0.1) is 5.92 Å². The van der Waals surface area contributed by atoms with E-state index in [0.717, 1.165) is 19.4 Å². The predicted octanol–water partition coefficient (Wildman–Crippen LogP) is 1.15. The van der Waals surface area contributed by atoms with E-state index in [2.05, 4.69) is 29.1 Å². The van der Waals surface area contributed by atoms with Gasteiger partial charge in [0.1, 0.15) is 0 Å². The molecule has 2 rings (SSSR count). The van der Waals surface area contributed by atoms with Crippen molar-refractivity contribution in [2.45, 2.75) is 44.6 Å². The van der Waals surface area contributed by atoms with E-state index >= 15 is 0 Å². The van der Waals surface area contributed by atoms with E-state index in [1.165, 1.54) is 52.0 Å². The molecule has 1 aliphatic carbocycles. The summed E-state index contributed by atoms with van der Waals surface area (Å²) >= 11 is 0. The summed E-state index contributed by atoms with van der Waals surface area (Å²) in [4.78, 5) is 5.01. The van der Waals surface area contributed by atoms with Crippen molar-refractivity contribution in [1.82, 2.24) is 15.1 Å². The molecule has 2 fully saturated rings. The molecular weight excluding hydrogens is 250 g/mol. The Bertz CT molecular complexity index is 279. The molecule has 4 heteroatoms. The minimum Gasteiger partial charge on any atom is -0.394 e. The van der Waals surface area contributed by atoms with E-state index in [4.69, 9.17) is 0 Å². The van der Waals surface area contributed by atoms with Gasteiger partial charge in [-0.2, -0.15) is 0 Å². The number of aliphatic hydroxyl groups is 1. The highest BCUT2D eigenvalue weighted by Crippen LogP contribution is 2.37. The van der Waals surface area contributed by atoms with Crippen LogP contribution in [0.1, 0.15) is 39.0 Å². The van der Waals surface area contributed by atoms with Gasteiger partial charge in [0.25, 0.3) is 0 Å². The van der Waals surface area contributed by atoms with Gasteiger partial charge in [0.15, 0.2) is 0 Å². The molecule has 0 radical (unpaired) electrons. The van der Waals surface area contributed by atoms with Crippen LogP contribution in [0.15, 0.2) is 0 Å². The van der Waals surface area contributed by atoms with Gasteiger partial charge in [-0.1, -0.05) is 13.3 Å². The lowest BCUT2D eigenvalue weighted by Crippen LogP contribution is -2.52. The third-order valence-corrected chi connectivity index (χ3v) is 5.36. The van der Waals surface area contributed by atoms with Gasteiger partial charge in [0, 0.05) is 31.7 Å². The van der Waals surface area contributed by atoms with Gasteiger partial charge in [-0.15, -0.1) is 0 Å². The Morgan fingerprint density at radius 2 is 2.00 bits per heavy atom. The second-order valence-corrected chi connectivity index (χ2v) is 6.76. The van der Waals surface area contributed by atoms with Crippen molar-refractivity contribution in [2.75, 3.05) is 52.9 Å². The number of likely N-dealkylation sites (N-methyl/N-ethyl adjacent to an activating group) is 1. The smallest absolute Gasteiger partial charge is 0.0616 e. The van der Waals surface area contributed by atoms with Crippen molar-refractivity contribution < 1.29 is 5.11 Å². The molecule has 0 aromatic rings. The first-order valence-corrected chi connectivity index (χ1v) is 8.47. The van der Waals surface area contributed by atoms with E-state index < -0.39 is 0 Å². The molecule has 2 unspecified atom stereocenters. The molecule has 1 saturated carbocycles. The van der Waals surface area contributed by atoms with Gasteiger partial charge >= 0.3 is 0 Å². The molecule has 0 bridgehead atoms. The second-order valence-electron chi connectivity index (χ2n) is 6.76. The summed E-state index contributed by atoms with van der Waals surface area (Å²) in [6, 6.07) is 0. The normalized spacial score (nSPS) is 32.9. The van der Waals surface area contributed by atoms with Crippen molar-refractivity contribution in [3.8, 4) is 0 Å². The van der Waals surface area contributed by atoms with Crippen LogP contribution < -0.4 is 5.32 Å². The standard InChI is InChI=1S/C16H33N3O/c1-3-8-17-16(14-20)7-4-5-15(16)6-9-19-12-10-18(2)11-13-19/h15,17,20H,3-14H2,1-2H3. The molecule has 2 N–H and O–H groups in total. The third-order valence-electron chi connectivity index (χ3n) is 5.36. The Kier molecular flexibility index (Phi) is 6.27. The molecule has 0 amide bonds. The zero-order valence-electron chi connectivity index (χ0n) is 13.4. The van der Waals surface area contributed by atoms with Crippen LogP contribution in [0.5, 0.6) is 0 Å². The Morgan fingerprint density at radius 1 is 1.25 bits per heavy atom. The number of hydrogen-bond acceptors (Lipinski definition) is 4. The maximum Gasteiger partial charge on any atom is 0.0616 e. The second kappa shape index (κ2) is 7.74. The number of nitrogens with zero attached hydrogens (tertiary/aromatic N) is 2. The van der Waals surface area contributed by atoms with Crippen LogP contribution in [-0.2, 0) is 0 Å². The first-order chi connectivity index (χ1) is 9.70. The first-order valence-electron chi connectivity index (χ1n) is 8.47. The van der Waals surface area contributed by atoms with Crippen LogP contribution in [0.25, 0.3) is 0 Å². The predicted molar refractivity (Wildman–Crippen MR) is 84.0 cm³/mol. The molecule has 2 aliphatic rings. The highest BCUT2D eigenvalue weighted by molar-refractivity contribution is 4.99. The van der Waals surface area contributed by atoms with Gasteiger partial charge in [-0.3, -0.25) is 0 Å². The Labute approximate surface area is 124 Å². The van der Waals surface area contributed by atoms with Gasteiger partial charge in [-0.25, -0.2) is 0 Å². The topological polar surface area (TPSA) is 38.7 Å². The van der Waals surface area contributed by atoms with Gasteiger partial charge in [0.05, 0.1) is 6.61 Å². The van der Waals surface area contributed by atoms with Crippen LogP contribution in [0.3, 0.4) is 0 Å². The average Bonchev–Trinajstić information content (AvgIpc) is 2.88. The summed E-state index contributed by atoms with van der Waals surface area (Å²) in [7, 11) is 2.21. The molecule has 1 heterocycles. The number of nitrogens with one attached hydrogen (secondary N) is 1. The SMILES string of the molecule is CCCNC1(CO)CCCC1CCN1CCN(C)CC1. The number of rotatable bonds is 7. The van der Waals surface area contributed by atoms with Crippen LogP contribution in [0.2, 0.25) is 0 Å². The quantitative estimate of drug-likeness (QED) is 0.735. The van der Waals surface area contributed by atoms with Crippen molar-refractivity contribution >= 4 is 0 Å². The lowest BCUT2D eigenvalue weighted by atomic mass is 9.85. The maximum absolute atomic E-state index is 9.90. The van der Waals surface area contributed by atoms with Crippen molar-refractivity contribution in [1.29, 1.82) is 0 Å². The van der Waals surface area contributed by atoms with Crippen molar-refractivity contribution in [3.63, 3.8) is 0 Å². The molecule has 1 saturated heterocycles. The highest BCUT2D eigenvalue weighted by atomic mass is 16.3. The van der Waals surface area contributed by atoms with Crippen LogP contribution in [-0.4, -0.2) is 73.4 Å². The summed E-state index contributed by atoms with van der Waals surface area (Å²) in [6.07, 6.45) is 6.08. The molecule has 0 spiro atoms. The third kappa shape index (κ3) is 3.94. The van der Waals surface area contributed by atoms with Gasteiger partial charge < -0.3 is 20.2 Å². The summed E-state index contributed by atoms with van der Waals surface area (Å²) in [6.45, 7) is 9.55. The number of piperazine rings is 1. The Hall–Kier alpha value is -0.160. The summed E-state index contributed by atoms with van der Waals surface area (Å²) in [5, 5.41) is 13.6. The first kappa shape index (κ1) is 16.2. The monoisotopic (exact) mass is 283 g/mol. The molecule has 2 atom stereocenters. The fourth-order valence-electron chi connectivity index (χ4n) is 3.85. The van der Waals surface area contributed by atoms with E-state index in [1.807, 2.05) is 0 Å². The van der Waals surface area contributed by atoms with Crippen LogP contribution >= 0.6 is 0 Å². The molecular formula is C16H33N3O. The molecule has 118 valence electrons. The van der Waals surface area contributed by atoms with Gasteiger partial charge in [-0.05, 0) is 51.7 Å². The number of hydrogen-bond donors (Lipinski definition) is 2. The summed E-state index contributed by atoms with van der Waals surface area (Å²) < 4.78 is 0. The molecule has 20 heavy (non-hydrogen) atoms. The minimum atomic E-state index is 0.0165.